The maximum Gasteiger partial charge on any atom is 0.121 e. The highest BCUT2D eigenvalue weighted by molar-refractivity contribution is 5.42. The lowest BCUT2D eigenvalue weighted by Gasteiger charge is -2.16. The molecule has 3 heteroatoms. The second-order valence-corrected chi connectivity index (χ2v) is 5.46. The van der Waals surface area contributed by atoms with Crippen LogP contribution in [0.1, 0.15) is 35.2 Å². The Kier molecular flexibility index (Phi) is 4.86. The Morgan fingerprint density at radius 3 is 2.43 bits per heavy atom. The third-order valence-electron chi connectivity index (χ3n) is 3.76. The Morgan fingerprint density at radius 2 is 1.81 bits per heavy atom. The van der Waals surface area contributed by atoms with Crippen molar-refractivity contribution < 1.29 is 9.84 Å². The number of hydrogen-bond donors (Lipinski definition) is 2. The number of phenols is 1. The summed E-state index contributed by atoms with van der Waals surface area (Å²) in [5.74, 6) is 1.26. The van der Waals surface area contributed by atoms with E-state index in [4.69, 9.17) is 4.74 Å². The summed E-state index contributed by atoms with van der Waals surface area (Å²) in [6.07, 6.45) is 0. The Balaban J connectivity index is 2.05. The SMILES string of the molecule is COc1cccc(C(C)NCc2cc(C)c(O)c(C)c2)c1. The largest absolute Gasteiger partial charge is 0.507 e. The predicted octanol–water partition coefficient (Wildman–Crippen LogP) is 3.87. The van der Waals surface area contributed by atoms with E-state index in [2.05, 4.69) is 18.3 Å². The average Bonchev–Trinajstić information content (AvgIpc) is 2.50. The Morgan fingerprint density at radius 1 is 1.14 bits per heavy atom. The van der Waals surface area contributed by atoms with Crippen LogP contribution in [-0.4, -0.2) is 12.2 Å². The standard InChI is InChI=1S/C18H23NO2/c1-12-8-15(9-13(2)18(12)20)11-19-14(3)16-6-5-7-17(10-16)21-4/h5-10,14,19-20H,11H2,1-4H3. The molecule has 0 aliphatic carbocycles. The normalized spacial score (nSPS) is 12.2. The lowest BCUT2D eigenvalue weighted by atomic mass is 10.0. The number of methoxy groups -OCH3 is 1. The average molecular weight is 285 g/mol. The minimum absolute atomic E-state index is 0.231. The van der Waals surface area contributed by atoms with Crippen LogP contribution in [0, 0.1) is 13.8 Å². The topological polar surface area (TPSA) is 41.5 Å². The van der Waals surface area contributed by atoms with Crippen LogP contribution in [0.15, 0.2) is 36.4 Å². The van der Waals surface area contributed by atoms with Crippen molar-refractivity contribution in [1.82, 2.24) is 5.32 Å². The maximum absolute atomic E-state index is 9.81. The van der Waals surface area contributed by atoms with Crippen molar-refractivity contribution >= 4 is 0 Å². The molecule has 2 aromatic rings. The van der Waals surface area contributed by atoms with E-state index in [1.54, 1.807) is 7.11 Å². The molecule has 2 rings (SSSR count). The zero-order valence-electron chi connectivity index (χ0n) is 13.1. The molecule has 0 aliphatic rings. The fraction of sp³-hybridized carbons (Fsp3) is 0.333. The van der Waals surface area contributed by atoms with Crippen LogP contribution >= 0.6 is 0 Å². The fourth-order valence-electron chi connectivity index (χ4n) is 2.45. The van der Waals surface area contributed by atoms with Gasteiger partial charge in [0.1, 0.15) is 11.5 Å². The van der Waals surface area contributed by atoms with Gasteiger partial charge in [-0.1, -0.05) is 24.3 Å². The van der Waals surface area contributed by atoms with Crippen LogP contribution in [0.2, 0.25) is 0 Å². The van der Waals surface area contributed by atoms with Crippen molar-refractivity contribution in [3.05, 3.63) is 58.7 Å². The smallest absolute Gasteiger partial charge is 0.121 e. The monoisotopic (exact) mass is 285 g/mol. The lowest BCUT2D eigenvalue weighted by molar-refractivity contribution is 0.413. The van der Waals surface area contributed by atoms with Gasteiger partial charge in [0.05, 0.1) is 7.11 Å². The molecule has 0 aliphatic heterocycles. The van der Waals surface area contributed by atoms with Crippen molar-refractivity contribution in [1.29, 1.82) is 0 Å². The van der Waals surface area contributed by atoms with Crippen molar-refractivity contribution in [2.24, 2.45) is 0 Å². The number of nitrogens with one attached hydrogen (secondary N) is 1. The first-order chi connectivity index (χ1) is 10.0. The third kappa shape index (κ3) is 3.76. The summed E-state index contributed by atoms with van der Waals surface area (Å²) in [5.41, 5.74) is 4.21. The van der Waals surface area contributed by atoms with Crippen molar-refractivity contribution in [2.75, 3.05) is 7.11 Å². The van der Waals surface area contributed by atoms with E-state index in [1.165, 1.54) is 11.1 Å². The third-order valence-corrected chi connectivity index (χ3v) is 3.76. The molecule has 0 heterocycles. The molecule has 0 fully saturated rings. The summed E-state index contributed by atoms with van der Waals surface area (Å²) >= 11 is 0. The quantitative estimate of drug-likeness (QED) is 0.876. The first-order valence-electron chi connectivity index (χ1n) is 7.17. The molecule has 0 amide bonds. The van der Waals surface area contributed by atoms with Crippen LogP contribution in [-0.2, 0) is 6.54 Å². The number of aromatic hydroxyl groups is 1. The first-order valence-corrected chi connectivity index (χ1v) is 7.17. The highest BCUT2D eigenvalue weighted by Gasteiger charge is 2.08. The maximum atomic E-state index is 9.81. The fourth-order valence-corrected chi connectivity index (χ4v) is 2.45. The van der Waals surface area contributed by atoms with Gasteiger partial charge in [-0.2, -0.15) is 0 Å². The molecule has 1 atom stereocenters. The number of ether oxygens (including phenoxy) is 1. The summed E-state index contributed by atoms with van der Waals surface area (Å²) in [7, 11) is 1.68. The predicted molar refractivity (Wildman–Crippen MR) is 85.8 cm³/mol. The second kappa shape index (κ2) is 6.64. The molecular formula is C18H23NO2. The summed E-state index contributed by atoms with van der Waals surface area (Å²) in [6.45, 7) is 6.75. The molecular weight excluding hydrogens is 262 g/mol. The number of benzene rings is 2. The van der Waals surface area contributed by atoms with Crippen LogP contribution in [0.25, 0.3) is 0 Å². The number of aryl methyl sites for hydroxylation is 2. The molecule has 0 radical (unpaired) electrons. The summed E-state index contributed by atoms with van der Waals surface area (Å²) < 4.78 is 5.26. The van der Waals surface area contributed by atoms with Crippen LogP contribution < -0.4 is 10.1 Å². The van der Waals surface area contributed by atoms with Crippen molar-refractivity contribution in [2.45, 2.75) is 33.4 Å². The molecule has 1 unspecified atom stereocenters. The zero-order chi connectivity index (χ0) is 15.4. The summed E-state index contributed by atoms with van der Waals surface area (Å²) in [5, 5.41) is 13.3. The first kappa shape index (κ1) is 15.4. The van der Waals surface area contributed by atoms with Gasteiger partial charge in [-0.3, -0.25) is 0 Å². The molecule has 21 heavy (non-hydrogen) atoms. The lowest BCUT2D eigenvalue weighted by Crippen LogP contribution is -2.18. The van der Waals surface area contributed by atoms with Gasteiger partial charge in [-0.15, -0.1) is 0 Å². The Hall–Kier alpha value is -2.00. The highest BCUT2D eigenvalue weighted by atomic mass is 16.5. The van der Waals surface area contributed by atoms with Gasteiger partial charge in [0, 0.05) is 12.6 Å². The van der Waals surface area contributed by atoms with E-state index in [1.807, 2.05) is 44.2 Å². The highest BCUT2D eigenvalue weighted by Crippen LogP contribution is 2.24. The van der Waals surface area contributed by atoms with Gasteiger partial charge in [-0.25, -0.2) is 0 Å². The summed E-state index contributed by atoms with van der Waals surface area (Å²) in [4.78, 5) is 0. The van der Waals surface area contributed by atoms with Gasteiger partial charge >= 0.3 is 0 Å². The van der Waals surface area contributed by atoms with Gasteiger partial charge < -0.3 is 15.2 Å². The number of rotatable bonds is 5. The van der Waals surface area contributed by atoms with Gasteiger partial charge in [0.25, 0.3) is 0 Å². The van der Waals surface area contributed by atoms with E-state index in [-0.39, 0.29) is 6.04 Å². The van der Waals surface area contributed by atoms with E-state index in [0.717, 1.165) is 23.4 Å². The van der Waals surface area contributed by atoms with E-state index in [9.17, 15) is 5.11 Å². The molecule has 0 aromatic heterocycles. The van der Waals surface area contributed by atoms with Gasteiger partial charge in [-0.05, 0) is 55.2 Å². The Labute approximate surface area is 126 Å². The van der Waals surface area contributed by atoms with Crippen LogP contribution in [0.3, 0.4) is 0 Å². The molecule has 0 spiro atoms. The minimum Gasteiger partial charge on any atom is -0.507 e. The van der Waals surface area contributed by atoms with E-state index >= 15 is 0 Å². The number of phenolic OH excluding ortho intramolecular Hbond substituents is 1. The minimum atomic E-state index is 0.231. The molecule has 0 saturated heterocycles. The van der Waals surface area contributed by atoms with Crippen molar-refractivity contribution in [3.8, 4) is 11.5 Å². The molecule has 112 valence electrons. The van der Waals surface area contributed by atoms with Gasteiger partial charge in [0.2, 0.25) is 0 Å². The zero-order valence-corrected chi connectivity index (χ0v) is 13.1. The molecule has 2 aromatic carbocycles. The Bertz CT molecular complexity index is 599. The number of hydrogen-bond acceptors (Lipinski definition) is 3. The van der Waals surface area contributed by atoms with Gasteiger partial charge in [0.15, 0.2) is 0 Å². The summed E-state index contributed by atoms with van der Waals surface area (Å²) in [6, 6.07) is 12.4. The molecule has 0 bridgehead atoms. The van der Waals surface area contributed by atoms with Crippen molar-refractivity contribution in [3.63, 3.8) is 0 Å². The van der Waals surface area contributed by atoms with E-state index in [0.29, 0.717) is 5.75 Å². The van der Waals surface area contributed by atoms with Crippen LogP contribution in [0.4, 0.5) is 0 Å². The van der Waals surface area contributed by atoms with E-state index < -0.39 is 0 Å². The molecule has 3 nitrogen and oxygen atoms in total. The van der Waals surface area contributed by atoms with Crippen LogP contribution in [0.5, 0.6) is 11.5 Å². The molecule has 0 saturated carbocycles. The second-order valence-electron chi connectivity index (χ2n) is 5.46. The molecule has 2 N–H and O–H groups in total.